The molecule has 0 saturated carbocycles. The third-order valence-corrected chi connectivity index (χ3v) is 6.06. The zero-order valence-corrected chi connectivity index (χ0v) is 18.4. The smallest absolute Gasteiger partial charge is 0.260 e. The van der Waals surface area contributed by atoms with Gasteiger partial charge in [0.2, 0.25) is 5.91 Å². The molecule has 1 saturated heterocycles. The van der Waals surface area contributed by atoms with Gasteiger partial charge < -0.3 is 15.0 Å². The van der Waals surface area contributed by atoms with E-state index in [0.29, 0.717) is 25.3 Å². The third-order valence-electron chi connectivity index (χ3n) is 5.47. The van der Waals surface area contributed by atoms with Crippen molar-refractivity contribution in [2.75, 3.05) is 19.7 Å². The van der Waals surface area contributed by atoms with E-state index in [1.165, 1.54) is 5.56 Å². The number of likely N-dealkylation sites (tertiary alicyclic amines) is 1. The zero-order chi connectivity index (χ0) is 21.5. The van der Waals surface area contributed by atoms with Crippen molar-refractivity contribution in [3.05, 3.63) is 64.2 Å². The topological polar surface area (TPSA) is 58.6 Å². The minimum Gasteiger partial charge on any atom is -0.484 e. The second-order valence-electron chi connectivity index (χ2n) is 7.87. The molecule has 1 aliphatic rings. The minimum absolute atomic E-state index is 0.00855. The molecule has 160 valence electrons. The fourth-order valence-corrected chi connectivity index (χ4v) is 3.81. The van der Waals surface area contributed by atoms with Crippen LogP contribution in [0.5, 0.6) is 5.75 Å². The molecule has 0 aliphatic carbocycles. The summed E-state index contributed by atoms with van der Waals surface area (Å²) in [5.74, 6) is 0.692. The number of amides is 2. The predicted octanol–water partition coefficient (Wildman–Crippen LogP) is 4.08. The first-order valence-electron chi connectivity index (χ1n) is 10.4. The zero-order valence-electron chi connectivity index (χ0n) is 17.6. The van der Waals surface area contributed by atoms with Crippen molar-refractivity contribution >= 4 is 23.4 Å². The molecule has 1 N–H and O–H groups in total. The first kappa shape index (κ1) is 22.2. The van der Waals surface area contributed by atoms with E-state index in [9.17, 15) is 9.59 Å². The van der Waals surface area contributed by atoms with Crippen LogP contribution in [0.2, 0.25) is 5.02 Å². The molecule has 0 spiro atoms. The number of hydrogen-bond acceptors (Lipinski definition) is 3. The Morgan fingerprint density at radius 3 is 2.37 bits per heavy atom. The Labute approximate surface area is 183 Å². The first-order valence-corrected chi connectivity index (χ1v) is 10.8. The summed E-state index contributed by atoms with van der Waals surface area (Å²) < 4.78 is 5.68. The predicted molar refractivity (Wildman–Crippen MR) is 119 cm³/mol. The van der Waals surface area contributed by atoms with E-state index < -0.39 is 0 Å². The molecule has 0 atom stereocenters. The van der Waals surface area contributed by atoms with Crippen LogP contribution >= 0.6 is 11.6 Å². The molecule has 6 heteroatoms. The van der Waals surface area contributed by atoms with Gasteiger partial charge >= 0.3 is 0 Å². The SMILES string of the molecule is Cc1cc(OCC(=O)N2CCC(NC(=O)CCc3ccccc3)CC2)cc(C)c1Cl. The molecule has 5 nitrogen and oxygen atoms in total. The molecule has 0 aromatic heterocycles. The number of rotatable bonds is 7. The average molecular weight is 429 g/mol. The second kappa shape index (κ2) is 10.5. The summed E-state index contributed by atoms with van der Waals surface area (Å²) in [5, 5.41) is 3.83. The third kappa shape index (κ3) is 6.23. The summed E-state index contributed by atoms with van der Waals surface area (Å²) in [6.45, 7) is 5.11. The number of halogens is 1. The number of nitrogens with one attached hydrogen (secondary N) is 1. The maximum Gasteiger partial charge on any atom is 0.260 e. The van der Waals surface area contributed by atoms with Gasteiger partial charge in [-0.1, -0.05) is 41.9 Å². The van der Waals surface area contributed by atoms with Crippen LogP contribution in [0, 0.1) is 13.8 Å². The van der Waals surface area contributed by atoms with E-state index in [1.54, 1.807) is 0 Å². The van der Waals surface area contributed by atoms with E-state index in [0.717, 1.165) is 35.4 Å². The molecular weight excluding hydrogens is 400 g/mol. The van der Waals surface area contributed by atoms with Crippen LogP contribution in [0.15, 0.2) is 42.5 Å². The van der Waals surface area contributed by atoms with Gasteiger partial charge in [0, 0.05) is 30.6 Å². The summed E-state index contributed by atoms with van der Waals surface area (Å²) in [6.07, 6.45) is 2.76. The molecule has 1 aliphatic heterocycles. The van der Waals surface area contributed by atoms with Gasteiger partial charge in [-0.2, -0.15) is 0 Å². The lowest BCUT2D eigenvalue weighted by Crippen LogP contribution is -2.47. The highest BCUT2D eigenvalue weighted by Gasteiger charge is 2.24. The van der Waals surface area contributed by atoms with Crippen molar-refractivity contribution in [2.45, 2.75) is 45.6 Å². The molecule has 30 heavy (non-hydrogen) atoms. The number of piperidine rings is 1. The van der Waals surface area contributed by atoms with Crippen molar-refractivity contribution in [3.63, 3.8) is 0 Å². The van der Waals surface area contributed by atoms with Crippen LogP contribution in [-0.2, 0) is 16.0 Å². The van der Waals surface area contributed by atoms with Crippen LogP contribution in [0.1, 0.15) is 36.0 Å². The number of ether oxygens (including phenoxy) is 1. The Morgan fingerprint density at radius 1 is 1.10 bits per heavy atom. The van der Waals surface area contributed by atoms with Crippen molar-refractivity contribution in [3.8, 4) is 5.75 Å². The molecule has 2 aromatic rings. The minimum atomic E-state index is -0.0332. The van der Waals surface area contributed by atoms with Gasteiger partial charge in [0.1, 0.15) is 5.75 Å². The van der Waals surface area contributed by atoms with Crippen molar-refractivity contribution < 1.29 is 14.3 Å². The molecular formula is C24H29ClN2O3. The lowest BCUT2D eigenvalue weighted by Gasteiger charge is -2.32. The van der Waals surface area contributed by atoms with Gasteiger partial charge in [-0.15, -0.1) is 0 Å². The number of benzene rings is 2. The fraction of sp³-hybridized carbons (Fsp3) is 0.417. The highest BCUT2D eigenvalue weighted by Crippen LogP contribution is 2.26. The normalized spacial score (nSPS) is 14.4. The average Bonchev–Trinajstić information content (AvgIpc) is 2.75. The van der Waals surface area contributed by atoms with Gasteiger partial charge in [-0.05, 0) is 61.9 Å². The summed E-state index contributed by atoms with van der Waals surface area (Å²) in [4.78, 5) is 26.5. The maximum atomic E-state index is 12.5. The van der Waals surface area contributed by atoms with Gasteiger partial charge in [0.15, 0.2) is 6.61 Å². The Morgan fingerprint density at radius 2 is 1.73 bits per heavy atom. The summed E-state index contributed by atoms with van der Waals surface area (Å²) >= 11 is 6.17. The van der Waals surface area contributed by atoms with E-state index in [2.05, 4.69) is 5.32 Å². The van der Waals surface area contributed by atoms with Gasteiger partial charge in [0.05, 0.1) is 0 Å². The lowest BCUT2D eigenvalue weighted by atomic mass is 10.0. The van der Waals surface area contributed by atoms with E-state index >= 15 is 0 Å². The Hall–Kier alpha value is -2.53. The van der Waals surface area contributed by atoms with Crippen LogP contribution in [-0.4, -0.2) is 42.5 Å². The van der Waals surface area contributed by atoms with Crippen LogP contribution in [0.4, 0.5) is 0 Å². The number of hydrogen-bond donors (Lipinski definition) is 1. The molecule has 0 radical (unpaired) electrons. The first-order chi connectivity index (χ1) is 14.4. The van der Waals surface area contributed by atoms with E-state index in [4.69, 9.17) is 16.3 Å². The summed E-state index contributed by atoms with van der Waals surface area (Å²) in [7, 11) is 0. The molecule has 0 bridgehead atoms. The van der Waals surface area contributed by atoms with Crippen LogP contribution < -0.4 is 10.1 Å². The number of carbonyl (C=O) groups is 2. The largest absolute Gasteiger partial charge is 0.484 e. The number of carbonyl (C=O) groups excluding carboxylic acids is 2. The number of aryl methyl sites for hydroxylation is 3. The van der Waals surface area contributed by atoms with Crippen LogP contribution in [0.3, 0.4) is 0 Å². The maximum absolute atomic E-state index is 12.5. The van der Waals surface area contributed by atoms with Gasteiger partial charge in [-0.3, -0.25) is 9.59 Å². The van der Waals surface area contributed by atoms with Crippen molar-refractivity contribution in [1.82, 2.24) is 10.2 Å². The molecule has 2 amide bonds. The number of nitrogens with zero attached hydrogens (tertiary/aromatic N) is 1. The standard InChI is InChI=1S/C24H29ClN2O3/c1-17-14-21(15-18(2)24(17)25)30-16-23(29)27-12-10-20(11-13-27)26-22(28)9-8-19-6-4-3-5-7-19/h3-7,14-15,20H,8-13,16H2,1-2H3,(H,26,28). The molecule has 1 fully saturated rings. The van der Waals surface area contributed by atoms with E-state index in [-0.39, 0.29) is 24.5 Å². The van der Waals surface area contributed by atoms with Crippen molar-refractivity contribution in [1.29, 1.82) is 0 Å². The molecule has 2 aromatic carbocycles. The fourth-order valence-electron chi connectivity index (χ4n) is 3.70. The molecule has 1 heterocycles. The lowest BCUT2D eigenvalue weighted by molar-refractivity contribution is -0.134. The summed E-state index contributed by atoms with van der Waals surface area (Å²) in [6, 6.07) is 13.8. The van der Waals surface area contributed by atoms with E-state index in [1.807, 2.05) is 61.2 Å². The van der Waals surface area contributed by atoms with Gasteiger partial charge in [0.25, 0.3) is 5.91 Å². The quantitative estimate of drug-likeness (QED) is 0.723. The van der Waals surface area contributed by atoms with Crippen LogP contribution in [0.25, 0.3) is 0 Å². The second-order valence-corrected chi connectivity index (χ2v) is 8.25. The Balaban J connectivity index is 1.38. The Kier molecular flexibility index (Phi) is 7.75. The Bertz CT molecular complexity index is 854. The van der Waals surface area contributed by atoms with Gasteiger partial charge in [-0.25, -0.2) is 0 Å². The molecule has 3 rings (SSSR count). The molecule has 0 unspecified atom stereocenters. The monoisotopic (exact) mass is 428 g/mol. The highest BCUT2D eigenvalue weighted by atomic mass is 35.5. The summed E-state index contributed by atoms with van der Waals surface area (Å²) in [5.41, 5.74) is 3.03. The van der Waals surface area contributed by atoms with Crippen molar-refractivity contribution in [2.24, 2.45) is 0 Å². The highest BCUT2D eigenvalue weighted by molar-refractivity contribution is 6.32.